The van der Waals surface area contributed by atoms with Gasteiger partial charge in [0.05, 0.1) is 35.4 Å². The van der Waals surface area contributed by atoms with Crippen LogP contribution in [0.25, 0.3) is 17.1 Å². The molecule has 2 heterocycles. The highest BCUT2D eigenvalue weighted by Crippen LogP contribution is 2.22. The fraction of sp³-hybridized carbons (Fsp3) is 0.100. The standard InChI is InChI=1S/C20H17N3O3/c24-19(25)13-18-17-11-6-12-22(17)21-15-9-4-5-10-16(15)23(18)20(26)14-7-2-1-3-8-14/h1-11,21H,12-13H2,(H,24,25). The summed E-state index contributed by atoms with van der Waals surface area (Å²) in [7, 11) is 0. The van der Waals surface area contributed by atoms with Crippen molar-refractivity contribution < 1.29 is 14.7 Å². The van der Waals surface area contributed by atoms with E-state index in [2.05, 4.69) is 5.10 Å². The monoisotopic (exact) mass is 347 g/mol. The molecule has 4 rings (SSSR count). The number of allylic oxidation sites excluding steroid dienone is 1. The molecule has 0 saturated heterocycles. The van der Waals surface area contributed by atoms with Crippen LogP contribution in [0, 0.1) is 0 Å². The molecule has 3 aromatic rings. The molecule has 0 unspecified atom stereocenters. The molecule has 0 amide bonds. The number of carboxylic acid groups (broad SMARTS) is 1. The van der Waals surface area contributed by atoms with Crippen molar-refractivity contribution in [1.82, 2.24) is 14.3 Å². The van der Waals surface area contributed by atoms with Gasteiger partial charge in [-0.25, -0.2) is 0 Å². The molecule has 0 saturated carbocycles. The first kappa shape index (κ1) is 16.0. The summed E-state index contributed by atoms with van der Waals surface area (Å²) >= 11 is 0. The van der Waals surface area contributed by atoms with Crippen LogP contribution in [0.15, 0.2) is 60.7 Å². The van der Waals surface area contributed by atoms with Gasteiger partial charge in [0.1, 0.15) is 0 Å². The number of hydrogen-bond donors (Lipinski definition) is 2. The Labute approximate surface area is 149 Å². The van der Waals surface area contributed by atoms with Crippen LogP contribution < -0.4 is 0 Å². The van der Waals surface area contributed by atoms with Crippen molar-refractivity contribution in [2.24, 2.45) is 0 Å². The zero-order chi connectivity index (χ0) is 18.1. The molecule has 0 spiro atoms. The van der Waals surface area contributed by atoms with Crippen LogP contribution in [0.3, 0.4) is 0 Å². The van der Waals surface area contributed by atoms with Gasteiger partial charge in [-0.2, -0.15) is 0 Å². The predicted octanol–water partition coefficient (Wildman–Crippen LogP) is 3.24. The molecule has 0 aliphatic carbocycles. The van der Waals surface area contributed by atoms with Crippen LogP contribution in [0.4, 0.5) is 0 Å². The Balaban J connectivity index is 2.12. The summed E-state index contributed by atoms with van der Waals surface area (Å²) in [4.78, 5) is 24.9. The molecule has 1 aliphatic heterocycles. The number of fused-ring (bicyclic) bond motifs is 2. The maximum absolute atomic E-state index is 13.3. The summed E-state index contributed by atoms with van der Waals surface area (Å²) < 4.78 is 3.37. The third-order valence-corrected chi connectivity index (χ3v) is 4.36. The number of benzene rings is 2. The largest absolute Gasteiger partial charge is 0.481 e. The SMILES string of the molecule is O=C(O)Cc1c2n([nH]c3ccccc3n1C(=O)c1ccccc1)CC=C2. The average molecular weight is 347 g/mol. The van der Waals surface area contributed by atoms with Crippen molar-refractivity contribution in [3.63, 3.8) is 0 Å². The lowest BCUT2D eigenvalue weighted by molar-refractivity contribution is -0.136. The van der Waals surface area contributed by atoms with E-state index in [1.165, 1.54) is 4.57 Å². The Morgan fingerprint density at radius 2 is 1.77 bits per heavy atom. The second kappa shape index (κ2) is 6.40. The first-order valence-corrected chi connectivity index (χ1v) is 8.29. The van der Waals surface area contributed by atoms with Crippen molar-refractivity contribution in [2.45, 2.75) is 13.0 Å². The third-order valence-electron chi connectivity index (χ3n) is 4.36. The number of aliphatic carboxylic acids is 1. The summed E-state index contributed by atoms with van der Waals surface area (Å²) in [5.74, 6) is -1.25. The van der Waals surface area contributed by atoms with Crippen molar-refractivity contribution in [3.8, 4) is 0 Å². The van der Waals surface area contributed by atoms with Crippen LogP contribution in [0.5, 0.6) is 0 Å². The molecule has 6 heteroatoms. The molecule has 2 N–H and O–H groups in total. The van der Waals surface area contributed by atoms with Crippen LogP contribution in [0.2, 0.25) is 0 Å². The zero-order valence-electron chi connectivity index (χ0n) is 13.9. The Morgan fingerprint density at radius 1 is 1.04 bits per heavy atom. The normalized spacial score (nSPS) is 12.2. The van der Waals surface area contributed by atoms with Crippen molar-refractivity contribution in [2.75, 3.05) is 0 Å². The quantitative estimate of drug-likeness (QED) is 0.763. The Kier molecular flexibility index (Phi) is 3.93. The van der Waals surface area contributed by atoms with E-state index in [1.807, 2.05) is 47.2 Å². The van der Waals surface area contributed by atoms with Gasteiger partial charge < -0.3 is 5.11 Å². The van der Waals surface area contributed by atoms with Gasteiger partial charge in [0.2, 0.25) is 0 Å². The van der Waals surface area contributed by atoms with Crippen molar-refractivity contribution in [3.05, 3.63) is 77.6 Å². The number of hydrogen-bond acceptors (Lipinski definition) is 2. The maximum atomic E-state index is 13.3. The summed E-state index contributed by atoms with van der Waals surface area (Å²) in [6.45, 7) is 0.597. The molecule has 2 aromatic carbocycles. The van der Waals surface area contributed by atoms with Gasteiger partial charge in [0, 0.05) is 5.56 Å². The lowest BCUT2D eigenvalue weighted by atomic mass is 10.1. The summed E-state index contributed by atoms with van der Waals surface area (Å²) in [6.07, 6.45) is 3.52. The molecule has 0 bridgehead atoms. The number of carbonyl (C=O) groups excluding carboxylic acids is 1. The highest BCUT2D eigenvalue weighted by atomic mass is 16.4. The summed E-state index contributed by atoms with van der Waals surface area (Å²) in [5.41, 5.74) is 3.01. The van der Waals surface area contributed by atoms with Crippen LogP contribution in [-0.2, 0) is 17.8 Å². The van der Waals surface area contributed by atoms with Crippen molar-refractivity contribution >= 4 is 29.0 Å². The van der Waals surface area contributed by atoms with Crippen LogP contribution in [0.1, 0.15) is 21.7 Å². The minimum Gasteiger partial charge on any atom is -0.481 e. The zero-order valence-corrected chi connectivity index (χ0v) is 13.9. The van der Waals surface area contributed by atoms with Gasteiger partial charge >= 0.3 is 5.97 Å². The Hall–Kier alpha value is -3.54. The van der Waals surface area contributed by atoms with Gasteiger partial charge in [-0.05, 0) is 30.3 Å². The van der Waals surface area contributed by atoms with E-state index >= 15 is 0 Å². The number of para-hydroxylation sites is 2. The van der Waals surface area contributed by atoms with E-state index in [0.29, 0.717) is 29.0 Å². The van der Waals surface area contributed by atoms with E-state index < -0.39 is 5.97 Å². The van der Waals surface area contributed by atoms with Crippen molar-refractivity contribution in [1.29, 1.82) is 0 Å². The first-order chi connectivity index (χ1) is 12.6. The van der Waals surface area contributed by atoms with Crippen LogP contribution in [-0.4, -0.2) is 31.3 Å². The molecule has 1 aliphatic rings. The predicted molar refractivity (Wildman–Crippen MR) is 98.5 cm³/mol. The van der Waals surface area contributed by atoms with Gasteiger partial charge in [0.25, 0.3) is 5.91 Å². The number of nitrogens with zero attached hydrogens (tertiary/aromatic N) is 2. The highest BCUT2D eigenvalue weighted by Gasteiger charge is 2.21. The van der Waals surface area contributed by atoms with E-state index in [1.54, 1.807) is 24.3 Å². The molecule has 130 valence electrons. The van der Waals surface area contributed by atoms with Gasteiger partial charge in [-0.1, -0.05) is 36.4 Å². The van der Waals surface area contributed by atoms with E-state index in [4.69, 9.17) is 0 Å². The first-order valence-electron chi connectivity index (χ1n) is 8.29. The number of nitrogens with one attached hydrogen (secondary N) is 1. The lowest BCUT2D eigenvalue weighted by Gasteiger charge is -2.13. The maximum Gasteiger partial charge on any atom is 0.309 e. The van der Waals surface area contributed by atoms with Crippen LogP contribution >= 0.6 is 0 Å². The highest BCUT2D eigenvalue weighted by molar-refractivity contribution is 6.01. The van der Waals surface area contributed by atoms with Gasteiger partial charge in [0.15, 0.2) is 0 Å². The van der Waals surface area contributed by atoms with Gasteiger partial charge in [-0.15, -0.1) is 0 Å². The molecule has 6 nitrogen and oxygen atoms in total. The van der Waals surface area contributed by atoms with Gasteiger partial charge in [-0.3, -0.25) is 23.9 Å². The van der Waals surface area contributed by atoms with E-state index in [-0.39, 0.29) is 12.3 Å². The molecular weight excluding hydrogens is 330 g/mol. The summed E-state index contributed by atoms with van der Waals surface area (Å²) in [5, 5.41) is 12.7. The third kappa shape index (κ3) is 2.71. The minimum absolute atomic E-state index is 0.259. The second-order valence-electron chi connectivity index (χ2n) is 6.05. The lowest BCUT2D eigenvalue weighted by Crippen LogP contribution is -2.20. The molecule has 0 atom stereocenters. The second-order valence-corrected chi connectivity index (χ2v) is 6.05. The number of aromatic amines is 1. The Bertz CT molecular complexity index is 1080. The van der Waals surface area contributed by atoms with E-state index in [9.17, 15) is 14.7 Å². The fourth-order valence-corrected chi connectivity index (χ4v) is 3.24. The number of aromatic nitrogens is 3. The Morgan fingerprint density at radius 3 is 2.54 bits per heavy atom. The average Bonchev–Trinajstić information content (AvgIpc) is 3.06. The number of H-pyrrole nitrogens is 1. The molecule has 26 heavy (non-hydrogen) atoms. The fourth-order valence-electron chi connectivity index (χ4n) is 3.24. The smallest absolute Gasteiger partial charge is 0.309 e. The molecule has 1 aromatic heterocycles. The van der Waals surface area contributed by atoms with E-state index in [0.717, 1.165) is 5.52 Å². The molecular formula is C20H17N3O3. The molecule has 0 radical (unpaired) electrons. The molecule has 0 fully saturated rings. The topological polar surface area (TPSA) is 80.0 Å². The summed E-state index contributed by atoms with van der Waals surface area (Å²) in [6, 6.07) is 16.3. The minimum atomic E-state index is -0.988. The number of carbonyl (C=O) groups is 2. The number of carboxylic acids is 1. The number of rotatable bonds is 3.